The Morgan fingerprint density at radius 2 is 1.49 bits per heavy atom. The molecule has 9 heteroatoms. The van der Waals surface area contributed by atoms with E-state index in [9.17, 15) is 4.79 Å². The third kappa shape index (κ3) is 6.41. The number of alkyl halides is 2. The van der Waals surface area contributed by atoms with Crippen molar-refractivity contribution >= 4 is 86.7 Å². The summed E-state index contributed by atoms with van der Waals surface area (Å²) in [6, 6.07) is 18.0. The number of hydrogen-bond acceptors (Lipinski definition) is 7. The lowest BCUT2D eigenvalue weighted by Gasteiger charge is -2.19. The van der Waals surface area contributed by atoms with E-state index in [0.29, 0.717) is 16.6 Å². The van der Waals surface area contributed by atoms with Crippen LogP contribution in [0.1, 0.15) is 29.9 Å². The molecule has 2 N–H and O–H groups in total. The maximum atomic E-state index is 11.8. The Kier molecular flexibility index (Phi) is 8.44. The highest BCUT2D eigenvalue weighted by atomic mass is 35.5. The van der Waals surface area contributed by atoms with Gasteiger partial charge < -0.3 is 10.6 Å². The van der Waals surface area contributed by atoms with E-state index in [0.717, 1.165) is 44.4 Å². The third-order valence-corrected chi connectivity index (χ3v) is 7.38. The van der Waals surface area contributed by atoms with Crippen molar-refractivity contribution in [3.8, 4) is 0 Å². The molecule has 0 fully saturated rings. The van der Waals surface area contributed by atoms with Crippen LogP contribution >= 0.6 is 46.7 Å². The number of aromatic nitrogens is 2. The minimum Gasteiger partial charge on any atom is -0.355 e. The van der Waals surface area contributed by atoms with Gasteiger partial charge in [0, 0.05) is 32.2 Å². The summed E-state index contributed by atoms with van der Waals surface area (Å²) in [7, 11) is 0. The molecule has 0 saturated heterocycles. The van der Waals surface area contributed by atoms with Gasteiger partial charge in [-0.25, -0.2) is 9.97 Å². The lowest BCUT2D eigenvalue weighted by Crippen LogP contribution is -2.03. The number of anilines is 4. The molecule has 3 aromatic carbocycles. The van der Waals surface area contributed by atoms with Crippen LogP contribution in [0.25, 0.3) is 10.9 Å². The monoisotopic (exact) mass is 542 g/mol. The van der Waals surface area contributed by atoms with Crippen LogP contribution in [0.15, 0.2) is 70.7 Å². The smallest absolute Gasteiger partial charge is 0.169 e. The molecule has 0 aliphatic rings. The Morgan fingerprint density at radius 3 is 2.06 bits per heavy atom. The summed E-state index contributed by atoms with van der Waals surface area (Å²) in [5.41, 5.74) is 5.43. The highest BCUT2D eigenvalue weighted by molar-refractivity contribution is 8.01. The van der Waals surface area contributed by atoms with Crippen molar-refractivity contribution in [1.29, 1.82) is 0 Å². The van der Waals surface area contributed by atoms with Crippen LogP contribution in [0, 0.1) is 6.92 Å². The summed E-state index contributed by atoms with van der Waals surface area (Å²) < 4.78 is -0.0783. The van der Waals surface area contributed by atoms with Crippen LogP contribution < -0.4 is 10.6 Å². The van der Waals surface area contributed by atoms with E-state index in [1.54, 1.807) is 23.5 Å². The van der Waals surface area contributed by atoms with Gasteiger partial charge in [0.2, 0.25) is 0 Å². The second kappa shape index (κ2) is 11.5. The summed E-state index contributed by atoms with van der Waals surface area (Å²) in [6.45, 7) is 5.91. The standard InChI is InChI=1S/C26H24Cl2N4OS2/c1-15-23(31-18-6-4-8-20(10-18)34-16(2)27)12-22-24(13-33)29-14-30-26(22)25(15)32-19-7-5-9-21(11-19)35-17(3)28/h4-14,16-17,31-32H,1-3H3. The van der Waals surface area contributed by atoms with E-state index in [-0.39, 0.29) is 9.42 Å². The van der Waals surface area contributed by atoms with Crippen LogP contribution in [-0.4, -0.2) is 25.7 Å². The zero-order valence-corrected chi connectivity index (χ0v) is 22.5. The Balaban J connectivity index is 1.79. The Labute approximate surface area is 223 Å². The fourth-order valence-corrected chi connectivity index (χ4v) is 5.73. The summed E-state index contributed by atoms with van der Waals surface area (Å²) in [4.78, 5) is 22.6. The van der Waals surface area contributed by atoms with Crippen LogP contribution in [-0.2, 0) is 0 Å². The first-order valence-electron chi connectivity index (χ1n) is 10.9. The normalized spacial score (nSPS) is 12.8. The van der Waals surface area contributed by atoms with Crippen molar-refractivity contribution in [3.05, 3.63) is 72.2 Å². The highest BCUT2D eigenvalue weighted by Crippen LogP contribution is 2.38. The van der Waals surface area contributed by atoms with Gasteiger partial charge in [0.1, 0.15) is 12.0 Å². The van der Waals surface area contributed by atoms with Gasteiger partial charge >= 0.3 is 0 Å². The minimum atomic E-state index is -0.0426. The molecule has 1 aromatic heterocycles. The second-order valence-corrected chi connectivity index (χ2v) is 12.5. The van der Waals surface area contributed by atoms with Crippen molar-refractivity contribution in [2.75, 3.05) is 10.6 Å². The van der Waals surface area contributed by atoms with E-state index in [1.807, 2.05) is 69.3 Å². The Hall–Kier alpha value is -2.45. The molecule has 0 aliphatic heterocycles. The summed E-state index contributed by atoms with van der Waals surface area (Å²) in [6.07, 6.45) is 2.17. The zero-order chi connectivity index (χ0) is 24.9. The lowest BCUT2D eigenvalue weighted by atomic mass is 10.0. The zero-order valence-electron chi connectivity index (χ0n) is 19.4. The Bertz CT molecular complexity index is 1360. The molecule has 180 valence electrons. The van der Waals surface area contributed by atoms with Crippen LogP contribution in [0.5, 0.6) is 0 Å². The molecule has 0 bridgehead atoms. The Morgan fingerprint density at radius 1 is 0.886 bits per heavy atom. The van der Waals surface area contributed by atoms with Crippen LogP contribution in [0.3, 0.4) is 0 Å². The molecule has 0 aliphatic carbocycles. The average Bonchev–Trinajstić information content (AvgIpc) is 2.81. The highest BCUT2D eigenvalue weighted by Gasteiger charge is 2.16. The van der Waals surface area contributed by atoms with Gasteiger partial charge in [-0.05, 0) is 68.8 Å². The van der Waals surface area contributed by atoms with Crippen molar-refractivity contribution in [2.24, 2.45) is 0 Å². The van der Waals surface area contributed by atoms with Crippen molar-refractivity contribution in [3.63, 3.8) is 0 Å². The predicted octanol–water partition coefficient (Wildman–Crippen LogP) is 8.59. The van der Waals surface area contributed by atoms with Gasteiger partial charge in [0.25, 0.3) is 0 Å². The number of carbonyl (C=O) groups is 1. The molecule has 5 nitrogen and oxygen atoms in total. The van der Waals surface area contributed by atoms with E-state index >= 15 is 0 Å². The molecule has 2 unspecified atom stereocenters. The number of fused-ring (bicyclic) bond motifs is 1. The first-order chi connectivity index (χ1) is 16.8. The number of nitrogens with zero attached hydrogens (tertiary/aromatic N) is 2. The molecular formula is C26H24Cl2N4OS2. The quantitative estimate of drug-likeness (QED) is 0.124. The summed E-state index contributed by atoms with van der Waals surface area (Å²) >= 11 is 15.5. The fraction of sp³-hybridized carbons (Fsp3) is 0.192. The molecule has 0 radical (unpaired) electrons. The van der Waals surface area contributed by atoms with Crippen molar-refractivity contribution in [1.82, 2.24) is 9.97 Å². The van der Waals surface area contributed by atoms with Crippen LogP contribution in [0.4, 0.5) is 22.7 Å². The van der Waals surface area contributed by atoms with Gasteiger partial charge in [0.15, 0.2) is 6.29 Å². The summed E-state index contributed by atoms with van der Waals surface area (Å²) in [5, 5.41) is 7.69. The van der Waals surface area contributed by atoms with Crippen LogP contribution in [0.2, 0.25) is 0 Å². The van der Waals surface area contributed by atoms with E-state index in [4.69, 9.17) is 23.2 Å². The first-order valence-corrected chi connectivity index (χ1v) is 13.6. The molecule has 35 heavy (non-hydrogen) atoms. The van der Waals surface area contributed by atoms with Gasteiger partial charge in [-0.3, -0.25) is 4.79 Å². The number of halogens is 2. The second-order valence-electron chi connectivity index (χ2n) is 7.82. The van der Waals surface area contributed by atoms with E-state index in [1.165, 1.54) is 6.33 Å². The molecule has 0 spiro atoms. The number of nitrogens with one attached hydrogen (secondary N) is 2. The topological polar surface area (TPSA) is 66.9 Å². The molecule has 4 aromatic rings. The molecule has 2 atom stereocenters. The molecular weight excluding hydrogens is 519 g/mol. The van der Waals surface area contributed by atoms with E-state index in [2.05, 4.69) is 26.7 Å². The number of thioether (sulfide) groups is 2. The number of rotatable bonds is 9. The number of benzene rings is 3. The molecule has 0 amide bonds. The van der Waals surface area contributed by atoms with Gasteiger partial charge in [-0.15, -0.1) is 46.7 Å². The predicted molar refractivity (Wildman–Crippen MR) is 151 cm³/mol. The largest absolute Gasteiger partial charge is 0.355 e. The van der Waals surface area contributed by atoms with E-state index < -0.39 is 0 Å². The molecule has 4 rings (SSSR count). The van der Waals surface area contributed by atoms with Crippen molar-refractivity contribution < 1.29 is 4.79 Å². The van der Waals surface area contributed by atoms with Crippen molar-refractivity contribution in [2.45, 2.75) is 40.0 Å². The van der Waals surface area contributed by atoms with Gasteiger partial charge in [-0.1, -0.05) is 12.1 Å². The maximum absolute atomic E-state index is 11.8. The first kappa shape index (κ1) is 25.6. The minimum absolute atomic E-state index is 0.0357. The van der Waals surface area contributed by atoms with Gasteiger partial charge in [0.05, 0.1) is 20.6 Å². The average molecular weight is 544 g/mol. The number of hydrogen-bond donors (Lipinski definition) is 2. The maximum Gasteiger partial charge on any atom is 0.169 e. The third-order valence-electron chi connectivity index (χ3n) is 5.14. The van der Waals surface area contributed by atoms with Gasteiger partial charge in [-0.2, -0.15) is 0 Å². The fourth-order valence-electron chi connectivity index (χ4n) is 3.66. The number of carbonyl (C=O) groups excluding carboxylic acids is 1. The lowest BCUT2D eigenvalue weighted by molar-refractivity contribution is 0.112. The summed E-state index contributed by atoms with van der Waals surface area (Å²) in [5.74, 6) is 0. The SMILES string of the molecule is Cc1c(Nc2cccc(SC(C)Cl)c2)cc2c(C=O)ncnc2c1Nc1cccc(SC(C)Cl)c1. The molecule has 0 saturated carbocycles. The number of aldehydes is 1. The molecule has 1 heterocycles.